The second kappa shape index (κ2) is 6.21. The van der Waals surface area contributed by atoms with E-state index >= 15 is 0 Å². The number of pyridine rings is 1. The lowest BCUT2D eigenvalue weighted by atomic mass is 10.2. The highest BCUT2D eigenvalue weighted by molar-refractivity contribution is 9.10. The Kier molecular flexibility index (Phi) is 4.75. The van der Waals surface area contributed by atoms with E-state index in [9.17, 15) is 12.8 Å². The van der Waals surface area contributed by atoms with E-state index in [0.29, 0.717) is 5.69 Å². The number of sulfonamides is 1. The van der Waals surface area contributed by atoms with Gasteiger partial charge in [-0.2, -0.15) is 4.31 Å². The molecule has 2 aromatic rings. The van der Waals surface area contributed by atoms with Gasteiger partial charge in [-0.05, 0) is 53.2 Å². The Morgan fingerprint density at radius 3 is 2.57 bits per heavy atom. The molecule has 0 amide bonds. The second-order valence-corrected chi connectivity index (χ2v) is 7.35. The fourth-order valence-corrected chi connectivity index (χ4v) is 4.20. The molecule has 1 atom stereocenters. The SMILES string of the molecule is CC(c1ccccn1)N(C)S(=O)(=O)c1ccc(F)cc1Br. The molecule has 4 nitrogen and oxygen atoms in total. The second-order valence-electron chi connectivity index (χ2n) is 4.53. The van der Waals surface area contributed by atoms with E-state index in [1.54, 1.807) is 31.3 Å². The van der Waals surface area contributed by atoms with Crippen molar-refractivity contribution in [3.05, 3.63) is 58.6 Å². The van der Waals surface area contributed by atoms with Crippen LogP contribution < -0.4 is 0 Å². The Labute approximate surface area is 131 Å². The highest BCUT2D eigenvalue weighted by atomic mass is 79.9. The number of nitrogens with zero attached hydrogens (tertiary/aromatic N) is 2. The molecule has 0 radical (unpaired) electrons. The first-order valence-corrected chi connectivity index (χ1v) is 8.41. The van der Waals surface area contributed by atoms with E-state index < -0.39 is 21.9 Å². The van der Waals surface area contributed by atoms with E-state index in [0.717, 1.165) is 12.1 Å². The average molecular weight is 373 g/mol. The van der Waals surface area contributed by atoms with Crippen molar-refractivity contribution in [1.29, 1.82) is 0 Å². The van der Waals surface area contributed by atoms with Gasteiger partial charge in [-0.15, -0.1) is 0 Å². The third-order valence-corrected chi connectivity index (χ3v) is 6.12. The summed E-state index contributed by atoms with van der Waals surface area (Å²) in [6.07, 6.45) is 1.61. The van der Waals surface area contributed by atoms with Gasteiger partial charge in [-0.3, -0.25) is 4.98 Å². The number of benzene rings is 1. The van der Waals surface area contributed by atoms with Crippen LogP contribution in [0.2, 0.25) is 0 Å². The van der Waals surface area contributed by atoms with Gasteiger partial charge in [0.1, 0.15) is 5.82 Å². The summed E-state index contributed by atoms with van der Waals surface area (Å²) >= 11 is 3.10. The van der Waals surface area contributed by atoms with Crippen LogP contribution in [-0.4, -0.2) is 24.8 Å². The van der Waals surface area contributed by atoms with Gasteiger partial charge in [-0.25, -0.2) is 12.8 Å². The zero-order valence-electron chi connectivity index (χ0n) is 11.5. The molecule has 7 heteroatoms. The lowest BCUT2D eigenvalue weighted by Crippen LogP contribution is -2.30. The number of halogens is 2. The molecule has 0 aliphatic heterocycles. The molecule has 0 bridgehead atoms. The lowest BCUT2D eigenvalue weighted by Gasteiger charge is -2.24. The van der Waals surface area contributed by atoms with Crippen LogP contribution in [0.1, 0.15) is 18.7 Å². The van der Waals surface area contributed by atoms with E-state index in [-0.39, 0.29) is 9.37 Å². The van der Waals surface area contributed by atoms with Gasteiger partial charge in [0.05, 0.1) is 16.6 Å². The normalized spacial score (nSPS) is 13.4. The summed E-state index contributed by atoms with van der Waals surface area (Å²) in [6.45, 7) is 1.75. The summed E-state index contributed by atoms with van der Waals surface area (Å²) < 4.78 is 39.8. The van der Waals surface area contributed by atoms with Crippen molar-refractivity contribution in [1.82, 2.24) is 9.29 Å². The van der Waals surface area contributed by atoms with Crippen molar-refractivity contribution in [2.24, 2.45) is 0 Å². The van der Waals surface area contributed by atoms with Gasteiger partial charge in [0.2, 0.25) is 10.0 Å². The Balaban J connectivity index is 2.39. The topological polar surface area (TPSA) is 50.3 Å². The first kappa shape index (κ1) is 16.1. The maximum absolute atomic E-state index is 13.1. The molecule has 0 aliphatic rings. The highest BCUT2D eigenvalue weighted by Gasteiger charge is 2.28. The van der Waals surface area contributed by atoms with Gasteiger partial charge in [0.25, 0.3) is 0 Å². The maximum Gasteiger partial charge on any atom is 0.244 e. The molecule has 1 unspecified atom stereocenters. The molecule has 0 fully saturated rings. The van der Waals surface area contributed by atoms with Crippen molar-refractivity contribution < 1.29 is 12.8 Å². The van der Waals surface area contributed by atoms with E-state index in [1.807, 2.05) is 0 Å². The third kappa shape index (κ3) is 3.30. The summed E-state index contributed by atoms with van der Waals surface area (Å²) in [5.74, 6) is -0.499. The van der Waals surface area contributed by atoms with Crippen LogP contribution in [0, 0.1) is 5.82 Å². The molecule has 0 N–H and O–H groups in total. The van der Waals surface area contributed by atoms with E-state index in [4.69, 9.17) is 0 Å². The Hall–Kier alpha value is -1.31. The van der Waals surface area contributed by atoms with Gasteiger partial charge in [-0.1, -0.05) is 6.07 Å². The Morgan fingerprint density at radius 1 is 1.29 bits per heavy atom. The maximum atomic E-state index is 13.1. The molecule has 21 heavy (non-hydrogen) atoms. The minimum Gasteiger partial charge on any atom is -0.260 e. The number of aromatic nitrogens is 1. The monoisotopic (exact) mass is 372 g/mol. The highest BCUT2D eigenvalue weighted by Crippen LogP contribution is 2.29. The quantitative estimate of drug-likeness (QED) is 0.826. The zero-order valence-corrected chi connectivity index (χ0v) is 13.9. The first-order chi connectivity index (χ1) is 9.84. The smallest absolute Gasteiger partial charge is 0.244 e. The van der Waals surface area contributed by atoms with Crippen LogP contribution in [0.4, 0.5) is 4.39 Å². The van der Waals surface area contributed by atoms with Crippen LogP contribution >= 0.6 is 15.9 Å². The lowest BCUT2D eigenvalue weighted by molar-refractivity contribution is 0.391. The van der Waals surface area contributed by atoms with Crippen molar-refractivity contribution >= 4 is 26.0 Å². The van der Waals surface area contributed by atoms with Crippen molar-refractivity contribution in [2.75, 3.05) is 7.05 Å². The number of rotatable bonds is 4. The molecule has 1 aromatic heterocycles. The minimum absolute atomic E-state index is 0.0224. The van der Waals surface area contributed by atoms with E-state index in [2.05, 4.69) is 20.9 Å². The zero-order chi connectivity index (χ0) is 15.6. The summed E-state index contributed by atoms with van der Waals surface area (Å²) in [5.41, 5.74) is 0.641. The fourth-order valence-electron chi connectivity index (χ4n) is 1.86. The van der Waals surface area contributed by atoms with Gasteiger partial charge < -0.3 is 0 Å². The van der Waals surface area contributed by atoms with Crippen LogP contribution in [-0.2, 0) is 10.0 Å². The molecule has 112 valence electrons. The average Bonchev–Trinajstić information content (AvgIpc) is 2.46. The molecule has 1 heterocycles. The molecule has 1 aromatic carbocycles. The van der Waals surface area contributed by atoms with Crippen LogP contribution in [0.5, 0.6) is 0 Å². The van der Waals surface area contributed by atoms with Crippen LogP contribution in [0.25, 0.3) is 0 Å². The summed E-state index contributed by atoms with van der Waals surface area (Å²) in [4.78, 5) is 4.19. The van der Waals surface area contributed by atoms with Crippen molar-refractivity contribution in [3.63, 3.8) is 0 Å². The van der Waals surface area contributed by atoms with E-state index in [1.165, 1.54) is 17.4 Å². The molecule has 2 rings (SSSR count). The van der Waals surface area contributed by atoms with Crippen molar-refractivity contribution in [3.8, 4) is 0 Å². The van der Waals surface area contributed by atoms with Gasteiger partial charge in [0, 0.05) is 17.7 Å². The Bertz CT molecular complexity index is 738. The molecule has 0 spiro atoms. The fraction of sp³-hybridized carbons (Fsp3) is 0.214. The van der Waals surface area contributed by atoms with Crippen LogP contribution in [0.15, 0.2) is 52.0 Å². The van der Waals surface area contributed by atoms with Gasteiger partial charge >= 0.3 is 0 Å². The molecule has 0 saturated carbocycles. The predicted molar refractivity (Wildman–Crippen MR) is 81.7 cm³/mol. The number of hydrogen-bond acceptors (Lipinski definition) is 3. The summed E-state index contributed by atoms with van der Waals surface area (Å²) in [6, 6.07) is 8.39. The summed E-state index contributed by atoms with van der Waals surface area (Å²) in [5, 5.41) is 0. The predicted octanol–water partition coefficient (Wildman–Crippen LogP) is 3.36. The van der Waals surface area contributed by atoms with Crippen LogP contribution in [0.3, 0.4) is 0 Å². The molecular weight excluding hydrogens is 359 g/mol. The molecule has 0 aliphatic carbocycles. The number of hydrogen-bond donors (Lipinski definition) is 0. The summed E-state index contributed by atoms with van der Waals surface area (Å²) in [7, 11) is -2.28. The first-order valence-electron chi connectivity index (χ1n) is 6.18. The minimum atomic E-state index is -3.75. The standard InChI is InChI=1S/C14H14BrFN2O2S/c1-10(13-5-3-4-8-17-13)18(2)21(19,20)14-7-6-11(16)9-12(14)15/h3-10H,1-2H3. The Morgan fingerprint density at radius 2 is 2.00 bits per heavy atom. The molecular formula is C14H14BrFN2O2S. The van der Waals surface area contributed by atoms with Gasteiger partial charge in [0.15, 0.2) is 0 Å². The largest absolute Gasteiger partial charge is 0.260 e. The van der Waals surface area contributed by atoms with Crippen molar-refractivity contribution in [2.45, 2.75) is 17.9 Å². The molecule has 0 saturated heterocycles. The third-order valence-electron chi connectivity index (χ3n) is 3.21.